The lowest BCUT2D eigenvalue weighted by Gasteiger charge is -2.15. The average molecular weight is 432 g/mol. The predicted molar refractivity (Wildman–Crippen MR) is 120 cm³/mol. The van der Waals surface area contributed by atoms with Crippen molar-refractivity contribution >= 4 is 28.8 Å². The van der Waals surface area contributed by atoms with E-state index in [-0.39, 0.29) is 17.0 Å². The first-order chi connectivity index (χ1) is 15.4. The molecule has 6 nitrogen and oxygen atoms in total. The van der Waals surface area contributed by atoms with E-state index in [9.17, 15) is 14.0 Å². The van der Waals surface area contributed by atoms with Gasteiger partial charge in [0, 0.05) is 5.69 Å². The summed E-state index contributed by atoms with van der Waals surface area (Å²) in [6.45, 7) is 1.93. The van der Waals surface area contributed by atoms with Crippen molar-refractivity contribution in [1.29, 1.82) is 0 Å². The van der Waals surface area contributed by atoms with E-state index in [0.29, 0.717) is 22.7 Å². The van der Waals surface area contributed by atoms with Gasteiger partial charge in [-0.25, -0.2) is 9.29 Å². The molecule has 0 fully saturated rings. The molecule has 1 aliphatic rings. The van der Waals surface area contributed by atoms with E-state index in [4.69, 9.17) is 9.47 Å². The van der Waals surface area contributed by atoms with Crippen molar-refractivity contribution in [3.05, 3.63) is 89.4 Å². The van der Waals surface area contributed by atoms with Gasteiger partial charge in [-0.3, -0.25) is 9.59 Å². The van der Waals surface area contributed by atoms with Crippen LogP contribution in [0.2, 0.25) is 0 Å². The number of rotatable bonds is 6. The van der Waals surface area contributed by atoms with Crippen LogP contribution in [-0.2, 0) is 9.59 Å². The highest BCUT2D eigenvalue weighted by Crippen LogP contribution is 2.37. The number of nitrogens with zero attached hydrogens (tertiary/aromatic N) is 1. The molecule has 0 bridgehead atoms. The minimum atomic E-state index is -0.577. The third kappa shape index (κ3) is 3.80. The molecule has 0 unspecified atom stereocenters. The summed E-state index contributed by atoms with van der Waals surface area (Å²) in [5.74, 6) is -0.786. The summed E-state index contributed by atoms with van der Waals surface area (Å²) in [6, 6.07) is 17.8. The normalized spacial score (nSPS) is 13.6. The summed E-state index contributed by atoms with van der Waals surface area (Å²) >= 11 is 0. The number of imide groups is 1. The van der Waals surface area contributed by atoms with Crippen molar-refractivity contribution in [3.8, 4) is 11.5 Å². The van der Waals surface area contributed by atoms with E-state index in [1.54, 1.807) is 24.3 Å². The molecule has 0 saturated carbocycles. The first kappa shape index (κ1) is 21.1. The second kappa shape index (κ2) is 8.55. The number of carbonyl (C=O) groups is 2. The zero-order valence-electron chi connectivity index (χ0n) is 17.8. The predicted octanol–water partition coefficient (Wildman–Crippen LogP) is 4.55. The Labute approximate surface area is 184 Å². The van der Waals surface area contributed by atoms with Crippen molar-refractivity contribution in [2.45, 2.75) is 6.92 Å². The number of hydrogen-bond donors (Lipinski definition) is 1. The van der Waals surface area contributed by atoms with E-state index in [2.05, 4.69) is 5.32 Å². The molecule has 0 aliphatic carbocycles. The molecule has 3 aromatic rings. The summed E-state index contributed by atoms with van der Waals surface area (Å²) < 4.78 is 24.5. The van der Waals surface area contributed by atoms with Gasteiger partial charge in [0.15, 0.2) is 11.5 Å². The fraction of sp³-hybridized carbons (Fsp3) is 0.120. The molecule has 32 heavy (non-hydrogen) atoms. The zero-order valence-corrected chi connectivity index (χ0v) is 17.8. The number of halogens is 1. The smallest absolute Gasteiger partial charge is 0.282 e. The number of benzene rings is 3. The van der Waals surface area contributed by atoms with Gasteiger partial charge in [0.1, 0.15) is 11.5 Å². The quantitative estimate of drug-likeness (QED) is 0.579. The number of anilines is 2. The fourth-order valence-electron chi connectivity index (χ4n) is 3.62. The van der Waals surface area contributed by atoms with E-state index in [1.807, 2.05) is 25.1 Å². The van der Waals surface area contributed by atoms with Crippen LogP contribution >= 0.6 is 0 Å². The van der Waals surface area contributed by atoms with E-state index >= 15 is 0 Å². The molecule has 1 heterocycles. The summed E-state index contributed by atoms with van der Waals surface area (Å²) in [4.78, 5) is 27.8. The maximum Gasteiger partial charge on any atom is 0.282 e. The molecule has 4 rings (SSSR count). The second-order valence-electron chi connectivity index (χ2n) is 7.24. The third-order valence-electron chi connectivity index (χ3n) is 5.11. The Morgan fingerprint density at radius 3 is 2.28 bits per heavy atom. The topological polar surface area (TPSA) is 67.9 Å². The van der Waals surface area contributed by atoms with Crippen LogP contribution < -0.4 is 19.7 Å². The van der Waals surface area contributed by atoms with Crippen molar-refractivity contribution in [2.75, 3.05) is 24.4 Å². The molecule has 1 N–H and O–H groups in total. The Morgan fingerprint density at radius 2 is 1.59 bits per heavy atom. The van der Waals surface area contributed by atoms with Crippen LogP contribution in [0.4, 0.5) is 15.8 Å². The minimum absolute atomic E-state index is 0.0945. The fourth-order valence-corrected chi connectivity index (χ4v) is 3.62. The minimum Gasteiger partial charge on any atom is -0.493 e. The zero-order chi connectivity index (χ0) is 22.8. The summed E-state index contributed by atoms with van der Waals surface area (Å²) in [6.07, 6.45) is 0. The van der Waals surface area contributed by atoms with Crippen LogP contribution in [0.5, 0.6) is 11.5 Å². The Balaban J connectivity index is 1.86. The van der Waals surface area contributed by atoms with Crippen molar-refractivity contribution in [2.24, 2.45) is 0 Å². The molecule has 0 radical (unpaired) electrons. The van der Waals surface area contributed by atoms with Gasteiger partial charge < -0.3 is 14.8 Å². The number of ether oxygens (including phenoxy) is 2. The highest BCUT2D eigenvalue weighted by Gasteiger charge is 2.40. The van der Waals surface area contributed by atoms with Gasteiger partial charge in [-0.15, -0.1) is 0 Å². The summed E-state index contributed by atoms with van der Waals surface area (Å²) in [5.41, 5.74) is 2.51. The molecule has 162 valence electrons. The van der Waals surface area contributed by atoms with E-state index < -0.39 is 17.6 Å². The van der Waals surface area contributed by atoms with Crippen LogP contribution in [0, 0.1) is 12.7 Å². The maximum atomic E-state index is 13.9. The van der Waals surface area contributed by atoms with Crippen LogP contribution in [-0.4, -0.2) is 26.0 Å². The number of methoxy groups -OCH3 is 2. The van der Waals surface area contributed by atoms with Crippen molar-refractivity contribution in [1.82, 2.24) is 0 Å². The maximum absolute atomic E-state index is 13.9. The third-order valence-corrected chi connectivity index (χ3v) is 5.11. The first-order valence-corrected chi connectivity index (χ1v) is 9.87. The Hall–Kier alpha value is -4.13. The standard InChI is InChI=1S/C25H21FN2O4/c1-15-6-4-8-18(12-15)27-23-22(16-10-11-20(31-2)21(13-16)32-3)24(29)28(25(23)30)19-9-5-7-17(26)14-19/h4-14,27H,1-3H3. The highest BCUT2D eigenvalue weighted by molar-refractivity contribution is 6.46. The molecule has 3 aromatic carbocycles. The lowest BCUT2D eigenvalue weighted by atomic mass is 10.0. The number of carbonyl (C=O) groups excluding carboxylic acids is 2. The number of nitrogens with one attached hydrogen (secondary N) is 1. The first-order valence-electron chi connectivity index (χ1n) is 9.87. The van der Waals surface area contributed by atoms with Crippen LogP contribution in [0.3, 0.4) is 0 Å². The largest absolute Gasteiger partial charge is 0.493 e. The SMILES string of the molecule is COc1ccc(C2=C(Nc3cccc(C)c3)C(=O)N(c3cccc(F)c3)C2=O)cc1OC. The van der Waals surface area contributed by atoms with Crippen molar-refractivity contribution < 1.29 is 23.5 Å². The lowest BCUT2D eigenvalue weighted by Crippen LogP contribution is -2.32. The molecule has 0 saturated heterocycles. The van der Waals surface area contributed by atoms with E-state index in [0.717, 1.165) is 16.5 Å². The van der Waals surface area contributed by atoms with Gasteiger partial charge >= 0.3 is 0 Å². The number of aryl methyl sites for hydroxylation is 1. The lowest BCUT2D eigenvalue weighted by molar-refractivity contribution is -0.120. The van der Waals surface area contributed by atoms with Crippen LogP contribution in [0.15, 0.2) is 72.4 Å². The number of hydrogen-bond acceptors (Lipinski definition) is 5. The molecule has 0 aromatic heterocycles. The Bertz CT molecular complexity index is 1250. The van der Waals surface area contributed by atoms with Crippen LogP contribution in [0.1, 0.15) is 11.1 Å². The van der Waals surface area contributed by atoms with Gasteiger partial charge in [-0.1, -0.05) is 24.3 Å². The average Bonchev–Trinajstić information content (AvgIpc) is 3.02. The van der Waals surface area contributed by atoms with Gasteiger partial charge in [0.25, 0.3) is 11.8 Å². The second-order valence-corrected chi connectivity index (χ2v) is 7.24. The summed E-state index contributed by atoms with van der Waals surface area (Å²) in [5, 5.41) is 3.09. The van der Waals surface area contributed by atoms with Gasteiger partial charge in [-0.05, 0) is 60.5 Å². The molecule has 2 amide bonds. The van der Waals surface area contributed by atoms with Gasteiger partial charge in [0.05, 0.1) is 25.5 Å². The molecular weight excluding hydrogens is 411 g/mol. The Morgan fingerprint density at radius 1 is 0.844 bits per heavy atom. The van der Waals surface area contributed by atoms with Gasteiger partial charge in [0.2, 0.25) is 0 Å². The van der Waals surface area contributed by atoms with Crippen LogP contribution in [0.25, 0.3) is 5.57 Å². The van der Waals surface area contributed by atoms with Gasteiger partial charge in [-0.2, -0.15) is 0 Å². The number of amides is 2. The monoisotopic (exact) mass is 432 g/mol. The molecule has 0 atom stereocenters. The molecular formula is C25H21FN2O4. The molecule has 7 heteroatoms. The molecule has 0 spiro atoms. The molecule has 1 aliphatic heterocycles. The summed E-state index contributed by atoms with van der Waals surface area (Å²) in [7, 11) is 3.00. The van der Waals surface area contributed by atoms with Crippen molar-refractivity contribution in [3.63, 3.8) is 0 Å². The van der Waals surface area contributed by atoms with E-state index in [1.165, 1.54) is 32.4 Å². The Kier molecular flexibility index (Phi) is 5.64. The highest BCUT2D eigenvalue weighted by atomic mass is 19.1.